The predicted molar refractivity (Wildman–Crippen MR) is 128 cm³/mol. The third kappa shape index (κ3) is 7.38. The van der Waals surface area contributed by atoms with Crippen LogP contribution < -0.4 is 10.6 Å². The third-order valence-electron chi connectivity index (χ3n) is 5.96. The van der Waals surface area contributed by atoms with E-state index in [1.807, 2.05) is 44.1 Å². The van der Waals surface area contributed by atoms with E-state index >= 15 is 0 Å². The molecule has 2 aliphatic rings. The van der Waals surface area contributed by atoms with Crippen LogP contribution in [0.2, 0.25) is 0 Å². The first-order chi connectivity index (χ1) is 14.9. The monoisotopic (exact) mass is 449 g/mol. The number of rotatable bonds is 6. The molecule has 0 aromatic carbocycles. The molecule has 0 radical (unpaired) electrons. The molecule has 2 aliphatic heterocycles. The molecule has 1 unspecified atom stereocenters. The Hall–Kier alpha value is -1.80. The Morgan fingerprint density at radius 1 is 1.23 bits per heavy atom. The fraction of sp³-hybridized carbons (Fsp3) is 0.739. The van der Waals surface area contributed by atoms with Gasteiger partial charge in [0.15, 0.2) is 5.96 Å². The van der Waals surface area contributed by atoms with Crippen LogP contribution in [0, 0.1) is 5.92 Å². The number of carbonyl (C=O) groups is 1. The SMILES string of the molecule is CN=C(NCC1CCN(C(=O)OC(C)(C)C)CC1)NCC(c1cccs1)N1CCCC1. The van der Waals surface area contributed by atoms with Gasteiger partial charge >= 0.3 is 6.09 Å². The molecule has 1 amide bonds. The highest BCUT2D eigenvalue weighted by molar-refractivity contribution is 7.10. The second kappa shape index (κ2) is 11.2. The van der Waals surface area contributed by atoms with E-state index in [0.29, 0.717) is 12.0 Å². The predicted octanol–water partition coefficient (Wildman–Crippen LogP) is 3.70. The largest absolute Gasteiger partial charge is 0.444 e. The van der Waals surface area contributed by atoms with E-state index in [9.17, 15) is 4.79 Å². The zero-order valence-electron chi connectivity index (χ0n) is 19.5. The number of nitrogens with zero attached hydrogens (tertiary/aromatic N) is 3. The van der Waals surface area contributed by atoms with Gasteiger partial charge < -0.3 is 20.3 Å². The van der Waals surface area contributed by atoms with Crippen molar-refractivity contribution in [1.82, 2.24) is 20.4 Å². The molecular formula is C23H39N5O2S. The second-order valence-electron chi connectivity index (χ2n) is 9.52. The maximum Gasteiger partial charge on any atom is 0.410 e. The lowest BCUT2D eigenvalue weighted by Gasteiger charge is -2.33. The van der Waals surface area contributed by atoms with Gasteiger partial charge in [0.05, 0.1) is 6.04 Å². The Balaban J connectivity index is 1.42. The number of hydrogen-bond acceptors (Lipinski definition) is 5. The summed E-state index contributed by atoms with van der Waals surface area (Å²) in [6, 6.07) is 4.78. The zero-order valence-corrected chi connectivity index (χ0v) is 20.3. The number of likely N-dealkylation sites (tertiary alicyclic amines) is 2. The molecule has 8 heteroatoms. The number of nitrogens with one attached hydrogen (secondary N) is 2. The number of hydrogen-bond donors (Lipinski definition) is 2. The minimum Gasteiger partial charge on any atom is -0.444 e. The third-order valence-corrected chi connectivity index (χ3v) is 6.94. The molecule has 7 nitrogen and oxygen atoms in total. The summed E-state index contributed by atoms with van der Waals surface area (Å²) in [5, 5.41) is 9.21. The number of guanidine groups is 1. The summed E-state index contributed by atoms with van der Waals surface area (Å²) in [7, 11) is 1.83. The number of carbonyl (C=O) groups excluding carboxylic acids is 1. The van der Waals surface area contributed by atoms with Crippen LogP contribution in [-0.2, 0) is 4.74 Å². The number of thiophene rings is 1. The molecule has 1 aromatic rings. The molecule has 1 aromatic heterocycles. The van der Waals surface area contributed by atoms with Gasteiger partial charge in [0, 0.05) is 38.1 Å². The van der Waals surface area contributed by atoms with Crippen LogP contribution in [0.15, 0.2) is 22.5 Å². The molecule has 2 N–H and O–H groups in total. The first kappa shape index (κ1) is 23.9. The minimum atomic E-state index is -0.441. The smallest absolute Gasteiger partial charge is 0.410 e. The number of ether oxygens (including phenoxy) is 1. The van der Waals surface area contributed by atoms with Crippen LogP contribution in [0.5, 0.6) is 0 Å². The van der Waals surface area contributed by atoms with Crippen LogP contribution in [0.1, 0.15) is 57.4 Å². The van der Waals surface area contributed by atoms with Gasteiger partial charge in [-0.15, -0.1) is 11.3 Å². The van der Waals surface area contributed by atoms with E-state index in [1.165, 1.54) is 30.8 Å². The van der Waals surface area contributed by atoms with Crippen LogP contribution >= 0.6 is 11.3 Å². The molecule has 0 saturated carbocycles. The summed E-state index contributed by atoms with van der Waals surface area (Å²) >= 11 is 1.83. The highest BCUT2D eigenvalue weighted by atomic mass is 32.1. The van der Waals surface area contributed by atoms with Gasteiger partial charge in [0.25, 0.3) is 0 Å². The minimum absolute atomic E-state index is 0.196. The average Bonchev–Trinajstić information content (AvgIpc) is 3.44. The molecule has 31 heavy (non-hydrogen) atoms. The van der Waals surface area contributed by atoms with Crippen molar-refractivity contribution in [2.24, 2.45) is 10.9 Å². The molecule has 174 valence electrons. The van der Waals surface area contributed by atoms with Crippen LogP contribution in [0.3, 0.4) is 0 Å². The molecule has 3 rings (SSSR count). The zero-order chi connectivity index (χ0) is 22.3. The van der Waals surface area contributed by atoms with Gasteiger partial charge in [-0.25, -0.2) is 4.79 Å². The van der Waals surface area contributed by atoms with Crippen LogP contribution in [-0.4, -0.2) is 73.8 Å². The summed E-state index contributed by atoms with van der Waals surface area (Å²) < 4.78 is 5.49. The lowest BCUT2D eigenvalue weighted by Crippen LogP contribution is -2.46. The maximum absolute atomic E-state index is 12.2. The van der Waals surface area contributed by atoms with Crippen molar-refractivity contribution in [2.75, 3.05) is 46.3 Å². The Bertz CT molecular complexity index is 702. The van der Waals surface area contributed by atoms with E-state index in [-0.39, 0.29) is 6.09 Å². The van der Waals surface area contributed by atoms with E-state index in [4.69, 9.17) is 4.74 Å². The standard InChI is InChI=1S/C23H39N5O2S/c1-23(2,3)30-22(29)28-13-9-18(10-14-28)16-25-21(24-4)26-17-19(20-8-7-15-31-20)27-11-5-6-12-27/h7-8,15,18-19H,5-6,9-14,16-17H2,1-4H3,(H2,24,25,26). The lowest BCUT2D eigenvalue weighted by atomic mass is 9.97. The normalized spacial score (nSPS) is 20.0. The van der Waals surface area contributed by atoms with Crippen molar-refractivity contribution in [3.8, 4) is 0 Å². The van der Waals surface area contributed by atoms with Crippen molar-refractivity contribution in [3.05, 3.63) is 22.4 Å². The topological polar surface area (TPSA) is 69.2 Å². The quantitative estimate of drug-likeness (QED) is 0.512. The van der Waals surface area contributed by atoms with E-state index in [2.05, 4.69) is 38.0 Å². The average molecular weight is 450 g/mol. The Morgan fingerprint density at radius 3 is 2.52 bits per heavy atom. The first-order valence-corrected chi connectivity index (χ1v) is 12.4. The Labute approximate surface area is 191 Å². The van der Waals surface area contributed by atoms with Crippen molar-refractivity contribution in [2.45, 2.75) is 58.1 Å². The molecular weight excluding hydrogens is 410 g/mol. The molecule has 0 spiro atoms. The summed E-state index contributed by atoms with van der Waals surface area (Å²) in [4.78, 5) is 22.5. The van der Waals surface area contributed by atoms with Gasteiger partial charge in [-0.3, -0.25) is 9.89 Å². The number of amides is 1. The van der Waals surface area contributed by atoms with Gasteiger partial charge in [-0.05, 0) is 76.9 Å². The van der Waals surface area contributed by atoms with Gasteiger partial charge in [-0.1, -0.05) is 6.07 Å². The fourth-order valence-electron chi connectivity index (χ4n) is 4.24. The van der Waals surface area contributed by atoms with Gasteiger partial charge in [0.2, 0.25) is 0 Å². The Kier molecular flexibility index (Phi) is 8.60. The van der Waals surface area contributed by atoms with Crippen LogP contribution in [0.25, 0.3) is 0 Å². The summed E-state index contributed by atoms with van der Waals surface area (Å²) in [5.74, 6) is 1.39. The summed E-state index contributed by atoms with van der Waals surface area (Å²) in [5.41, 5.74) is -0.441. The van der Waals surface area contributed by atoms with E-state index in [1.54, 1.807) is 0 Å². The first-order valence-electron chi connectivity index (χ1n) is 11.6. The lowest BCUT2D eigenvalue weighted by molar-refractivity contribution is 0.0185. The van der Waals surface area contributed by atoms with Crippen LogP contribution in [0.4, 0.5) is 4.79 Å². The molecule has 0 bridgehead atoms. The highest BCUT2D eigenvalue weighted by Gasteiger charge is 2.27. The molecule has 2 saturated heterocycles. The maximum atomic E-state index is 12.2. The van der Waals surface area contributed by atoms with Crippen molar-refractivity contribution in [3.63, 3.8) is 0 Å². The fourth-order valence-corrected chi connectivity index (χ4v) is 5.11. The molecule has 0 aliphatic carbocycles. The van der Waals surface area contributed by atoms with Gasteiger partial charge in [0.1, 0.15) is 5.60 Å². The summed E-state index contributed by atoms with van der Waals surface area (Å²) in [6.07, 6.45) is 4.34. The van der Waals surface area contributed by atoms with E-state index in [0.717, 1.165) is 45.0 Å². The molecule has 3 heterocycles. The molecule has 2 fully saturated rings. The second-order valence-corrected chi connectivity index (χ2v) is 10.5. The summed E-state index contributed by atoms with van der Waals surface area (Å²) in [6.45, 7) is 11.3. The van der Waals surface area contributed by atoms with E-state index < -0.39 is 5.60 Å². The van der Waals surface area contributed by atoms with Crippen molar-refractivity contribution < 1.29 is 9.53 Å². The molecule has 1 atom stereocenters. The highest BCUT2D eigenvalue weighted by Crippen LogP contribution is 2.27. The number of piperidine rings is 1. The van der Waals surface area contributed by atoms with Crippen molar-refractivity contribution >= 4 is 23.4 Å². The number of aliphatic imine (C=N–C) groups is 1. The van der Waals surface area contributed by atoms with Gasteiger partial charge in [-0.2, -0.15) is 0 Å². The van der Waals surface area contributed by atoms with Crippen molar-refractivity contribution in [1.29, 1.82) is 0 Å². The Morgan fingerprint density at radius 2 is 1.94 bits per heavy atom.